The summed E-state index contributed by atoms with van der Waals surface area (Å²) >= 11 is 0. The van der Waals surface area contributed by atoms with E-state index in [2.05, 4.69) is 19.9 Å². The number of hydrogen-bond acceptors (Lipinski definition) is 6. The highest BCUT2D eigenvalue weighted by atomic mass is 16.5. The predicted octanol–water partition coefficient (Wildman–Crippen LogP) is 1.07. The summed E-state index contributed by atoms with van der Waals surface area (Å²) in [6.07, 6.45) is 2.94. The number of hydrogen-bond donors (Lipinski definition) is 1. The highest BCUT2D eigenvalue weighted by Gasteiger charge is 2.13. The molecule has 1 fully saturated rings. The average Bonchev–Trinajstić information content (AvgIpc) is 2.56. The molecular formula is C14H14N4O3. The summed E-state index contributed by atoms with van der Waals surface area (Å²) in [6.45, 7) is 3.06. The fourth-order valence-electron chi connectivity index (χ4n) is 2.15. The van der Waals surface area contributed by atoms with E-state index in [0.29, 0.717) is 18.9 Å². The van der Waals surface area contributed by atoms with Gasteiger partial charge in [-0.3, -0.25) is 0 Å². The van der Waals surface area contributed by atoms with Gasteiger partial charge in [0.2, 0.25) is 0 Å². The van der Waals surface area contributed by atoms with E-state index in [1.54, 1.807) is 6.20 Å². The van der Waals surface area contributed by atoms with Crippen LogP contribution in [0, 0.1) is 0 Å². The molecular weight excluding hydrogens is 272 g/mol. The molecule has 108 valence electrons. The molecule has 3 heterocycles. The summed E-state index contributed by atoms with van der Waals surface area (Å²) in [5, 5.41) is 8.95. The van der Waals surface area contributed by atoms with E-state index in [9.17, 15) is 4.79 Å². The molecule has 0 spiro atoms. The second-order valence-electron chi connectivity index (χ2n) is 4.60. The Balaban J connectivity index is 1.83. The molecule has 0 bridgehead atoms. The Morgan fingerprint density at radius 2 is 2.00 bits per heavy atom. The normalized spacial score (nSPS) is 15.0. The molecule has 3 rings (SSSR count). The molecule has 1 N–H and O–H groups in total. The zero-order valence-corrected chi connectivity index (χ0v) is 11.3. The van der Waals surface area contributed by atoms with E-state index in [4.69, 9.17) is 9.84 Å². The van der Waals surface area contributed by atoms with Gasteiger partial charge in [0.05, 0.1) is 18.9 Å². The van der Waals surface area contributed by atoms with Crippen LogP contribution in [0.25, 0.3) is 11.3 Å². The number of carbonyl (C=O) groups is 1. The Hall–Kier alpha value is -2.54. The lowest BCUT2D eigenvalue weighted by molar-refractivity contribution is 0.0690. The summed E-state index contributed by atoms with van der Waals surface area (Å²) in [5.41, 5.74) is 1.28. The fraction of sp³-hybridized carbons (Fsp3) is 0.286. The predicted molar refractivity (Wildman–Crippen MR) is 75.3 cm³/mol. The summed E-state index contributed by atoms with van der Waals surface area (Å²) in [7, 11) is 0. The summed E-state index contributed by atoms with van der Waals surface area (Å²) < 4.78 is 5.31. The van der Waals surface area contributed by atoms with Gasteiger partial charge in [-0.15, -0.1) is 0 Å². The van der Waals surface area contributed by atoms with Crippen molar-refractivity contribution in [2.45, 2.75) is 0 Å². The minimum Gasteiger partial charge on any atom is -0.477 e. The molecule has 0 atom stereocenters. The van der Waals surface area contributed by atoms with Crippen molar-refractivity contribution in [3.05, 3.63) is 36.4 Å². The van der Waals surface area contributed by atoms with Crippen molar-refractivity contribution >= 4 is 11.8 Å². The van der Waals surface area contributed by atoms with E-state index in [-0.39, 0.29) is 5.69 Å². The zero-order valence-electron chi connectivity index (χ0n) is 11.3. The van der Waals surface area contributed by atoms with Crippen molar-refractivity contribution in [2.75, 3.05) is 31.2 Å². The number of anilines is 1. The van der Waals surface area contributed by atoms with Crippen LogP contribution >= 0.6 is 0 Å². The van der Waals surface area contributed by atoms with Gasteiger partial charge in [0.25, 0.3) is 0 Å². The highest BCUT2D eigenvalue weighted by Crippen LogP contribution is 2.20. The molecule has 1 aliphatic heterocycles. The van der Waals surface area contributed by atoms with E-state index in [1.165, 1.54) is 12.4 Å². The van der Waals surface area contributed by atoms with Crippen molar-refractivity contribution in [3.63, 3.8) is 0 Å². The molecule has 0 unspecified atom stereocenters. The summed E-state index contributed by atoms with van der Waals surface area (Å²) in [5.74, 6) is -0.189. The van der Waals surface area contributed by atoms with Crippen molar-refractivity contribution in [1.29, 1.82) is 0 Å². The number of ether oxygens (including phenoxy) is 1. The van der Waals surface area contributed by atoms with Crippen LogP contribution in [0.1, 0.15) is 10.5 Å². The standard InChI is InChI=1S/C14H14N4O3/c19-14(20)12-7-11(16-9-17-12)10-1-2-13(15-8-10)18-3-5-21-6-4-18/h1-2,7-9H,3-6H2,(H,19,20). The largest absolute Gasteiger partial charge is 0.477 e. The molecule has 1 aliphatic rings. The first-order valence-corrected chi connectivity index (χ1v) is 6.58. The Morgan fingerprint density at radius 1 is 1.19 bits per heavy atom. The van der Waals surface area contributed by atoms with Crippen molar-refractivity contribution in [2.24, 2.45) is 0 Å². The van der Waals surface area contributed by atoms with Crippen LogP contribution in [-0.2, 0) is 4.74 Å². The Bertz CT molecular complexity index is 639. The third kappa shape index (κ3) is 2.97. The number of carboxylic acids is 1. The van der Waals surface area contributed by atoms with Crippen LogP contribution in [0.2, 0.25) is 0 Å². The lowest BCUT2D eigenvalue weighted by Crippen LogP contribution is -2.36. The molecule has 2 aromatic rings. The molecule has 7 nitrogen and oxygen atoms in total. The van der Waals surface area contributed by atoms with E-state index >= 15 is 0 Å². The van der Waals surface area contributed by atoms with E-state index < -0.39 is 5.97 Å². The first kappa shape index (κ1) is 13.4. The van der Waals surface area contributed by atoms with Gasteiger partial charge in [-0.2, -0.15) is 0 Å². The van der Waals surface area contributed by atoms with Crippen molar-refractivity contribution < 1.29 is 14.6 Å². The molecule has 0 saturated carbocycles. The number of carboxylic acid groups (broad SMARTS) is 1. The van der Waals surface area contributed by atoms with Crippen molar-refractivity contribution in [1.82, 2.24) is 15.0 Å². The van der Waals surface area contributed by atoms with Gasteiger partial charge in [0.1, 0.15) is 12.1 Å². The smallest absolute Gasteiger partial charge is 0.354 e. The van der Waals surface area contributed by atoms with Crippen LogP contribution in [0.5, 0.6) is 0 Å². The van der Waals surface area contributed by atoms with Gasteiger partial charge >= 0.3 is 5.97 Å². The maximum Gasteiger partial charge on any atom is 0.354 e. The number of morpholine rings is 1. The number of nitrogens with zero attached hydrogens (tertiary/aromatic N) is 4. The first-order chi connectivity index (χ1) is 10.2. The first-order valence-electron chi connectivity index (χ1n) is 6.58. The zero-order chi connectivity index (χ0) is 14.7. The minimum absolute atomic E-state index is 0.0303. The van der Waals surface area contributed by atoms with Gasteiger partial charge in [-0.25, -0.2) is 19.7 Å². The second-order valence-corrected chi connectivity index (χ2v) is 4.60. The van der Waals surface area contributed by atoms with E-state index in [1.807, 2.05) is 12.1 Å². The Kier molecular flexibility index (Phi) is 3.74. The van der Waals surface area contributed by atoms with Crippen LogP contribution < -0.4 is 4.90 Å². The molecule has 21 heavy (non-hydrogen) atoms. The Labute approximate surface area is 121 Å². The summed E-state index contributed by atoms with van der Waals surface area (Å²) in [4.78, 5) is 25.3. The number of pyridine rings is 1. The van der Waals surface area contributed by atoms with Crippen molar-refractivity contribution in [3.8, 4) is 11.3 Å². The summed E-state index contributed by atoms with van der Waals surface area (Å²) in [6, 6.07) is 5.22. The maximum absolute atomic E-state index is 10.9. The van der Waals surface area contributed by atoms with Gasteiger partial charge in [0.15, 0.2) is 5.69 Å². The highest BCUT2D eigenvalue weighted by molar-refractivity contribution is 5.86. The monoisotopic (exact) mass is 286 g/mol. The lowest BCUT2D eigenvalue weighted by Gasteiger charge is -2.27. The average molecular weight is 286 g/mol. The third-order valence-corrected chi connectivity index (χ3v) is 3.26. The lowest BCUT2D eigenvalue weighted by atomic mass is 10.2. The van der Waals surface area contributed by atoms with Crippen LogP contribution in [0.4, 0.5) is 5.82 Å². The SMILES string of the molecule is O=C(O)c1cc(-c2ccc(N3CCOCC3)nc2)ncn1. The van der Waals surface area contributed by atoms with Gasteiger partial charge in [-0.05, 0) is 18.2 Å². The molecule has 0 amide bonds. The molecule has 2 aromatic heterocycles. The number of rotatable bonds is 3. The van der Waals surface area contributed by atoms with E-state index in [0.717, 1.165) is 24.5 Å². The van der Waals surface area contributed by atoms with Gasteiger partial charge in [0, 0.05) is 24.8 Å². The Morgan fingerprint density at radius 3 is 2.67 bits per heavy atom. The second kappa shape index (κ2) is 5.84. The van der Waals surface area contributed by atoms with Crippen LogP contribution in [0.3, 0.4) is 0 Å². The molecule has 1 saturated heterocycles. The topological polar surface area (TPSA) is 88.4 Å². The van der Waals surface area contributed by atoms with Gasteiger partial charge in [-0.1, -0.05) is 0 Å². The molecule has 7 heteroatoms. The maximum atomic E-state index is 10.9. The quantitative estimate of drug-likeness (QED) is 0.902. The molecule has 0 aliphatic carbocycles. The number of aromatic carboxylic acids is 1. The fourth-order valence-corrected chi connectivity index (χ4v) is 2.15. The van der Waals surface area contributed by atoms with Crippen LogP contribution in [0.15, 0.2) is 30.7 Å². The minimum atomic E-state index is -1.07. The third-order valence-electron chi connectivity index (χ3n) is 3.26. The molecule has 0 aromatic carbocycles. The molecule has 0 radical (unpaired) electrons. The van der Waals surface area contributed by atoms with Crippen LogP contribution in [-0.4, -0.2) is 52.3 Å². The number of aromatic nitrogens is 3. The van der Waals surface area contributed by atoms with Gasteiger partial charge < -0.3 is 14.7 Å².